The van der Waals surface area contributed by atoms with Gasteiger partial charge in [0.15, 0.2) is 0 Å². The third-order valence-electron chi connectivity index (χ3n) is 15.0. The predicted octanol–water partition coefficient (Wildman–Crippen LogP) is 16.4. The highest BCUT2D eigenvalue weighted by molar-refractivity contribution is 6.19. The first kappa shape index (κ1) is 35.9. The third-order valence-corrected chi connectivity index (χ3v) is 15.0. The van der Waals surface area contributed by atoms with Crippen LogP contribution in [0.2, 0.25) is 0 Å². The van der Waals surface area contributed by atoms with Crippen LogP contribution in [0.5, 0.6) is 0 Å². The first-order valence-corrected chi connectivity index (χ1v) is 23.0. The number of allylic oxidation sites excluding steroid dienone is 2. The van der Waals surface area contributed by atoms with E-state index in [2.05, 4.69) is 223 Å². The molecule has 0 fully saturated rings. The van der Waals surface area contributed by atoms with E-state index in [0.717, 1.165) is 21.9 Å². The average Bonchev–Trinajstić information content (AvgIpc) is 3.72. The second-order valence-electron chi connectivity index (χ2n) is 18.2. The molecule has 2 aromatic heterocycles. The maximum atomic E-state index is 6.19. The molecular weight excluding hydrogens is 799 g/mol. The Labute approximate surface area is 382 Å². The Balaban J connectivity index is 0.930. The minimum absolute atomic E-state index is 0.141. The van der Waals surface area contributed by atoms with Crippen molar-refractivity contribution in [1.82, 2.24) is 4.57 Å². The van der Waals surface area contributed by atoms with Crippen LogP contribution in [0.25, 0.3) is 94.0 Å². The van der Waals surface area contributed by atoms with E-state index in [-0.39, 0.29) is 5.92 Å². The monoisotopic (exact) mass is 837 g/mol. The van der Waals surface area contributed by atoms with Crippen LogP contribution in [-0.4, -0.2) is 4.57 Å². The van der Waals surface area contributed by atoms with Gasteiger partial charge in [0.05, 0.1) is 22.1 Å². The molecule has 1 aliphatic heterocycles. The smallest absolute Gasteiger partial charge is 0.135 e. The van der Waals surface area contributed by atoms with Crippen molar-refractivity contribution in [3.8, 4) is 39.1 Å². The predicted molar refractivity (Wildman–Crippen MR) is 272 cm³/mol. The number of nitrogens with zero attached hydrogens (tertiary/aromatic N) is 1. The number of para-hydroxylation sites is 4. The molecule has 3 heterocycles. The van der Waals surface area contributed by atoms with Crippen LogP contribution in [0.1, 0.15) is 44.9 Å². The van der Waals surface area contributed by atoms with Gasteiger partial charge in [0, 0.05) is 27.5 Å². The van der Waals surface area contributed by atoms with E-state index >= 15 is 0 Å². The lowest BCUT2D eigenvalue weighted by molar-refractivity contribution is 0.669. The fraction of sp³-hybridized carbons (Fsp3) is 0.0312. The number of hydrogen-bond acceptors (Lipinski definition) is 1. The number of furan rings is 1. The molecule has 0 saturated carbocycles. The molecule has 12 aromatic rings. The second-order valence-corrected chi connectivity index (χ2v) is 18.2. The Hall–Kier alpha value is -8.46. The molecule has 1 spiro atoms. The molecule has 0 saturated heterocycles. The van der Waals surface area contributed by atoms with Crippen molar-refractivity contribution in [2.75, 3.05) is 0 Å². The number of benzene rings is 10. The van der Waals surface area contributed by atoms with Gasteiger partial charge in [-0.15, -0.1) is 0 Å². The number of rotatable bonds is 5. The largest absolute Gasteiger partial charge is 0.456 e. The summed E-state index contributed by atoms with van der Waals surface area (Å²) in [7, 11) is 0. The van der Waals surface area contributed by atoms with Crippen molar-refractivity contribution in [3.05, 3.63) is 269 Å². The minimum atomic E-state index is -0.506. The third kappa shape index (κ3) is 4.75. The van der Waals surface area contributed by atoms with Crippen molar-refractivity contribution >= 4 is 54.9 Å². The van der Waals surface area contributed by atoms with E-state index in [1.54, 1.807) is 0 Å². The van der Waals surface area contributed by atoms with Gasteiger partial charge in [-0.25, -0.2) is 0 Å². The molecule has 2 unspecified atom stereocenters. The van der Waals surface area contributed by atoms with Crippen LogP contribution in [0.15, 0.2) is 235 Å². The first-order chi connectivity index (χ1) is 32.8. The highest BCUT2D eigenvalue weighted by Gasteiger charge is 2.52. The lowest BCUT2D eigenvalue weighted by atomic mass is 9.65. The molecule has 15 rings (SSSR count). The van der Waals surface area contributed by atoms with Gasteiger partial charge in [0.25, 0.3) is 0 Å². The number of fused-ring (bicyclic) bond motifs is 15. The minimum Gasteiger partial charge on any atom is -0.456 e. The fourth-order valence-corrected chi connectivity index (χ4v) is 12.3. The van der Waals surface area contributed by atoms with Crippen LogP contribution in [-0.2, 0) is 5.41 Å². The van der Waals surface area contributed by atoms with Crippen LogP contribution >= 0.6 is 0 Å². The van der Waals surface area contributed by atoms with Gasteiger partial charge in [-0.05, 0) is 114 Å². The molecule has 66 heavy (non-hydrogen) atoms. The van der Waals surface area contributed by atoms with E-state index < -0.39 is 5.41 Å². The summed E-state index contributed by atoms with van der Waals surface area (Å²) in [5, 5.41) is 4.88. The zero-order valence-electron chi connectivity index (χ0n) is 35.9. The lowest BCUT2D eigenvalue weighted by Crippen LogP contribution is -2.33. The molecule has 306 valence electrons. The Morgan fingerprint density at radius 3 is 1.83 bits per heavy atom. The fourth-order valence-electron chi connectivity index (χ4n) is 12.3. The summed E-state index contributed by atoms with van der Waals surface area (Å²) in [6.45, 7) is 0. The Morgan fingerprint density at radius 2 is 0.955 bits per heavy atom. The van der Waals surface area contributed by atoms with Crippen LogP contribution in [0, 0.1) is 0 Å². The molecule has 10 aromatic carbocycles. The number of hydrogen-bond donors (Lipinski definition) is 0. The summed E-state index contributed by atoms with van der Waals surface area (Å²) in [6.07, 6.45) is 0. The standard InChI is InChI=1S/C64H39NO/c1-2-14-39(15-3-1)40-28-32-42(33-29-40)59-60(43-34-30-41(31-35-43)44-36-37-58-50(38-44)46-17-6-11-27-57(46)66-58)62(59)49-20-13-23-53-61(49)48-18-4-7-21-51(48)64(53)52-22-8-10-26-56(52)65-55-25-9-5-16-45(55)47-19-12-24-54(64)63(47)65/h1-38,60H. The van der Waals surface area contributed by atoms with Crippen molar-refractivity contribution in [2.45, 2.75) is 11.3 Å². The molecule has 0 radical (unpaired) electrons. The number of aromatic nitrogens is 1. The molecule has 2 atom stereocenters. The summed E-state index contributed by atoms with van der Waals surface area (Å²) in [4.78, 5) is 0. The summed E-state index contributed by atoms with van der Waals surface area (Å²) < 4.78 is 8.71. The van der Waals surface area contributed by atoms with Gasteiger partial charge < -0.3 is 8.98 Å². The van der Waals surface area contributed by atoms with Gasteiger partial charge in [-0.1, -0.05) is 200 Å². The van der Waals surface area contributed by atoms with E-state index in [1.807, 2.05) is 12.1 Å². The van der Waals surface area contributed by atoms with E-state index in [9.17, 15) is 0 Å². The molecule has 2 aliphatic carbocycles. The van der Waals surface area contributed by atoms with E-state index in [4.69, 9.17) is 4.42 Å². The molecule has 0 N–H and O–H groups in total. The molecule has 2 nitrogen and oxygen atoms in total. The van der Waals surface area contributed by atoms with E-state index in [0.29, 0.717) is 0 Å². The van der Waals surface area contributed by atoms with Gasteiger partial charge in [0.1, 0.15) is 11.2 Å². The van der Waals surface area contributed by atoms with Gasteiger partial charge in [0.2, 0.25) is 0 Å². The summed E-state index contributed by atoms with van der Waals surface area (Å²) >= 11 is 0. The second kappa shape index (κ2) is 13.3. The van der Waals surface area contributed by atoms with Gasteiger partial charge in [-0.2, -0.15) is 0 Å². The Bertz CT molecular complexity index is 4030. The average molecular weight is 838 g/mol. The zero-order valence-corrected chi connectivity index (χ0v) is 35.9. The van der Waals surface area contributed by atoms with E-state index in [1.165, 1.54) is 111 Å². The topological polar surface area (TPSA) is 18.1 Å². The summed E-state index contributed by atoms with van der Waals surface area (Å²) in [5.74, 6) is 0.141. The van der Waals surface area contributed by atoms with Crippen molar-refractivity contribution in [1.29, 1.82) is 0 Å². The van der Waals surface area contributed by atoms with Gasteiger partial charge >= 0.3 is 0 Å². The molecule has 2 heteroatoms. The summed E-state index contributed by atoms with van der Waals surface area (Å²) in [6, 6.07) is 85.7. The molecule has 0 bridgehead atoms. The highest BCUT2D eigenvalue weighted by atomic mass is 16.3. The van der Waals surface area contributed by atoms with Crippen molar-refractivity contribution in [3.63, 3.8) is 0 Å². The molecular formula is C64H39NO. The maximum Gasteiger partial charge on any atom is 0.135 e. The SMILES string of the molecule is c1ccc(-c2ccc(C3=C(c4cccc5c4-c4ccccc4C54c5ccccc5-n5c6ccccc6c6cccc4c65)C3c3ccc(-c4ccc5oc6ccccc6c5c4)cc3)cc2)cc1. The maximum absolute atomic E-state index is 6.19. The normalized spacial score (nSPS) is 16.6. The quantitative estimate of drug-likeness (QED) is 0.169. The summed E-state index contributed by atoms with van der Waals surface area (Å²) in [5.41, 5.74) is 24.7. The Morgan fingerprint density at radius 1 is 0.364 bits per heavy atom. The Kier molecular flexibility index (Phi) is 7.24. The molecule has 3 aliphatic rings. The van der Waals surface area contributed by atoms with Gasteiger partial charge in [-0.3, -0.25) is 0 Å². The van der Waals surface area contributed by atoms with Crippen molar-refractivity contribution in [2.24, 2.45) is 0 Å². The van der Waals surface area contributed by atoms with Crippen LogP contribution < -0.4 is 0 Å². The lowest BCUT2D eigenvalue weighted by Gasteiger charge is -2.39. The highest BCUT2D eigenvalue weighted by Crippen LogP contribution is 2.66. The van der Waals surface area contributed by atoms with Crippen LogP contribution in [0.3, 0.4) is 0 Å². The zero-order chi connectivity index (χ0) is 43.1. The van der Waals surface area contributed by atoms with Crippen molar-refractivity contribution < 1.29 is 4.42 Å². The first-order valence-electron chi connectivity index (χ1n) is 23.0. The molecule has 0 amide bonds. The van der Waals surface area contributed by atoms with Crippen LogP contribution in [0.4, 0.5) is 0 Å².